The molecule has 1 aromatic heterocycles. The van der Waals surface area contributed by atoms with E-state index in [4.69, 9.17) is 0 Å². The molecule has 0 aliphatic heterocycles. The fourth-order valence-corrected chi connectivity index (χ4v) is 4.11. The monoisotopic (exact) mass is 331 g/mol. The van der Waals surface area contributed by atoms with E-state index in [0.29, 0.717) is 12.3 Å². The van der Waals surface area contributed by atoms with Crippen molar-refractivity contribution in [3.8, 4) is 0 Å². The third-order valence-corrected chi connectivity index (χ3v) is 5.47. The van der Waals surface area contributed by atoms with Gasteiger partial charge in [0.1, 0.15) is 5.82 Å². The van der Waals surface area contributed by atoms with Crippen molar-refractivity contribution in [1.29, 1.82) is 0 Å². The van der Waals surface area contributed by atoms with Crippen LogP contribution in [0.2, 0.25) is 0 Å². The van der Waals surface area contributed by atoms with Crippen molar-refractivity contribution in [2.75, 3.05) is 0 Å². The van der Waals surface area contributed by atoms with Gasteiger partial charge in [0.2, 0.25) is 5.91 Å². The Morgan fingerprint density at radius 2 is 1.91 bits per heavy atom. The molecule has 0 radical (unpaired) electrons. The van der Waals surface area contributed by atoms with Crippen molar-refractivity contribution in [2.24, 2.45) is 5.92 Å². The topological polar surface area (TPSA) is 29.1 Å². The average Bonchev–Trinajstić information content (AvgIpc) is 3.09. The first-order valence-corrected chi connectivity index (χ1v) is 9.18. The predicted octanol–water partition coefficient (Wildman–Crippen LogP) is 5.06. The van der Waals surface area contributed by atoms with Crippen molar-refractivity contribution >= 4 is 17.2 Å². The van der Waals surface area contributed by atoms with Gasteiger partial charge in [-0.1, -0.05) is 37.5 Å². The molecule has 1 N–H and O–H groups in total. The van der Waals surface area contributed by atoms with Crippen LogP contribution in [0.3, 0.4) is 0 Å². The predicted molar refractivity (Wildman–Crippen MR) is 91.9 cm³/mol. The fourth-order valence-electron chi connectivity index (χ4n) is 3.30. The van der Waals surface area contributed by atoms with E-state index < -0.39 is 0 Å². The summed E-state index contributed by atoms with van der Waals surface area (Å²) in [5.74, 6) is 0.354. The Bertz CT molecular complexity index is 617. The van der Waals surface area contributed by atoms with Gasteiger partial charge >= 0.3 is 0 Å². The molecule has 2 aromatic rings. The summed E-state index contributed by atoms with van der Waals surface area (Å²) in [4.78, 5) is 13.6. The van der Waals surface area contributed by atoms with Gasteiger partial charge in [-0.05, 0) is 47.9 Å². The highest BCUT2D eigenvalue weighted by molar-refractivity contribution is 7.10. The second kappa shape index (κ2) is 7.73. The van der Waals surface area contributed by atoms with Gasteiger partial charge in [-0.15, -0.1) is 11.3 Å². The maximum absolute atomic E-state index is 13.2. The number of thiophene rings is 1. The van der Waals surface area contributed by atoms with Gasteiger partial charge in [-0.3, -0.25) is 4.79 Å². The zero-order chi connectivity index (χ0) is 16.1. The van der Waals surface area contributed by atoms with Gasteiger partial charge in [0.15, 0.2) is 0 Å². The van der Waals surface area contributed by atoms with Crippen LogP contribution in [-0.2, 0) is 4.79 Å². The molecule has 4 heteroatoms. The van der Waals surface area contributed by atoms with Gasteiger partial charge in [-0.25, -0.2) is 4.39 Å². The molecule has 23 heavy (non-hydrogen) atoms. The molecule has 0 spiro atoms. The molecule has 1 saturated carbocycles. The minimum atomic E-state index is -0.257. The maximum atomic E-state index is 13.2. The summed E-state index contributed by atoms with van der Waals surface area (Å²) < 4.78 is 13.2. The van der Waals surface area contributed by atoms with Crippen molar-refractivity contribution in [2.45, 2.75) is 44.6 Å². The first-order valence-electron chi connectivity index (χ1n) is 8.30. The lowest BCUT2D eigenvalue weighted by Crippen LogP contribution is -2.30. The van der Waals surface area contributed by atoms with Crippen molar-refractivity contribution < 1.29 is 9.18 Å². The number of hydrogen-bond acceptors (Lipinski definition) is 2. The second-order valence-corrected chi connectivity index (χ2v) is 7.25. The quantitative estimate of drug-likeness (QED) is 0.815. The molecule has 1 aliphatic rings. The average molecular weight is 331 g/mol. The minimum Gasteiger partial charge on any atom is -0.344 e. The number of benzene rings is 1. The van der Waals surface area contributed by atoms with Crippen LogP contribution in [0, 0.1) is 11.7 Å². The van der Waals surface area contributed by atoms with Gasteiger partial charge in [-0.2, -0.15) is 0 Å². The highest BCUT2D eigenvalue weighted by Gasteiger charge is 2.21. The number of rotatable bonds is 5. The van der Waals surface area contributed by atoms with Crippen molar-refractivity contribution in [1.82, 2.24) is 5.32 Å². The second-order valence-electron chi connectivity index (χ2n) is 6.28. The van der Waals surface area contributed by atoms with Gasteiger partial charge in [0.25, 0.3) is 0 Å². The van der Waals surface area contributed by atoms with Crippen molar-refractivity contribution in [3.63, 3.8) is 0 Å². The van der Waals surface area contributed by atoms with Crippen LogP contribution in [0.5, 0.6) is 0 Å². The molecule has 2 nitrogen and oxygen atoms in total. The standard InChI is InChI=1S/C19H22FNOS/c20-16-10-8-15(9-11-16)19(17-7-4-12-23-17)21-18(22)13-14-5-2-1-3-6-14/h4,7-12,14,19H,1-3,5-6,13H2,(H,21,22). The Morgan fingerprint density at radius 1 is 1.17 bits per heavy atom. The van der Waals surface area contributed by atoms with E-state index in [-0.39, 0.29) is 17.8 Å². The summed E-state index contributed by atoms with van der Waals surface area (Å²) in [6, 6.07) is 10.2. The molecule has 1 aliphatic carbocycles. The first kappa shape index (κ1) is 16.2. The van der Waals surface area contributed by atoms with Gasteiger partial charge in [0, 0.05) is 11.3 Å². The molecule has 0 bridgehead atoms. The molecule has 1 amide bonds. The van der Waals surface area contributed by atoms with E-state index in [1.54, 1.807) is 23.5 Å². The molecule has 1 heterocycles. The Hall–Kier alpha value is -1.68. The number of hydrogen-bond donors (Lipinski definition) is 1. The van der Waals surface area contributed by atoms with Crippen LogP contribution in [0.4, 0.5) is 4.39 Å². The molecular weight excluding hydrogens is 309 g/mol. The lowest BCUT2D eigenvalue weighted by atomic mass is 9.86. The van der Waals surface area contributed by atoms with Crippen molar-refractivity contribution in [3.05, 3.63) is 58.0 Å². The van der Waals surface area contributed by atoms with E-state index in [1.807, 2.05) is 17.5 Å². The number of nitrogens with one attached hydrogen (secondary N) is 1. The summed E-state index contributed by atoms with van der Waals surface area (Å²) in [6.45, 7) is 0. The third kappa shape index (κ3) is 4.41. The molecule has 1 fully saturated rings. The van der Waals surface area contributed by atoms with E-state index in [0.717, 1.165) is 23.3 Å². The minimum absolute atomic E-state index is 0.0969. The molecule has 1 unspecified atom stereocenters. The smallest absolute Gasteiger partial charge is 0.221 e. The number of carbonyl (C=O) groups excluding carboxylic acids is 1. The molecule has 1 aromatic carbocycles. The highest BCUT2D eigenvalue weighted by atomic mass is 32.1. The molecule has 1 atom stereocenters. The maximum Gasteiger partial charge on any atom is 0.221 e. The van der Waals surface area contributed by atoms with E-state index in [9.17, 15) is 9.18 Å². The molecule has 0 saturated heterocycles. The van der Waals surface area contributed by atoms with Crippen LogP contribution in [0.25, 0.3) is 0 Å². The Balaban J connectivity index is 1.71. The number of halogens is 1. The fraction of sp³-hybridized carbons (Fsp3) is 0.421. The van der Waals surface area contributed by atoms with E-state index in [2.05, 4.69) is 5.32 Å². The summed E-state index contributed by atoms with van der Waals surface area (Å²) >= 11 is 1.61. The summed E-state index contributed by atoms with van der Waals surface area (Å²) in [5, 5.41) is 5.15. The Labute approximate surface area is 140 Å². The largest absolute Gasteiger partial charge is 0.344 e. The summed E-state index contributed by atoms with van der Waals surface area (Å²) in [5.41, 5.74) is 0.922. The molecule has 122 valence electrons. The van der Waals surface area contributed by atoms with Crippen LogP contribution in [0.1, 0.15) is 55.0 Å². The van der Waals surface area contributed by atoms with Crippen LogP contribution in [0.15, 0.2) is 41.8 Å². The van der Waals surface area contributed by atoms with Gasteiger partial charge in [0.05, 0.1) is 6.04 Å². The van der Waals surface area contributed by atoms with E-state index in [1.165, 1.54) is 31.4 Å². The SMILES string of the molecule is O=C(CC1CCCCC1)NC(c1ccc(F)cc1)c1cccs1. The highest BCUT2D eigenvalue weighted by Crippen LogP contribution is 2.29. The van der Waals surface area contributed by atoms with Gasteiger partial charge < -0.3 is 5.32 Å². The Morgan fingerprint density at radius 3 is 2.57 bits per heavy atom. The van der Waals surface area contributed by atoms with Crippen LogP contribution < -0.4 is 5.32 Å². The first-order chi connectivity index (χ1) is 11.2. The summed E-state index contributed by atoms with van der Waals surface area (Å²) in [7, 11) is 0. The summed E-state index contributed by atoms with van der Waals surface area (Å²) in [6.07, 6.45) is 6.70. The number of carbonyl (C=O) groups is 1. The normalized spacial score (nSPS) is 16.9. The van der Waals surface area contributed by atoms with Crippen LogP contribution >= 0.6 is 11.3 Å². The molecule has 3 rings (SSSR count). The lowest BCUT2D eigenvalue weighted by molar-refractivity contribution is -0.122. The molecular formula is C19H22FNOS. The van der Waals surface area contributed by atoms with Crippen LogP contribution in [-0.4, -0.2) is 5.91 Å². The zero-order valence-corrected chi connectivity index (χ0v) is 13.9. The third-order valence-electron chi connectivity index (χ3n) is 4.54. The Kier molecular flexibility index (Phi) is 5.44. The number of amides is 1. The zero-order valence-electron chi connectivity index (χ0n) is 13.1. The lowest BCUT2D eigenvalue weighted by Gasteiger charge is -2.23. The van der Waals surface area contributed by atoms with E-state index >= 15 is 0 Å².